The Balaban J connectivity index is 1.59. The molecule has 0 radical (unpaired) electrons. The predicted octanol–water partition coefficient (Wildman–Crippen LogP) is 6.49. The van der Waals surface area contributed by atoms with Gasteiger partial charge in [0.05, 0.1) is 12.1 Å². The molecule has 0 N–H and O–H groups in total. The van der Waals surface area contributed by atoms with E-state index in [0.29, 0.717) is 24.2 Å². The molecule has 0 spiro atoms. The molecule has 152 valence electrons. The van der Waals surface area contributed by atoms with Crippen molar-refractivity contribution in [1.82, 2.24) is 4.90 Å². The Labute approximate surface area is 176 Å². The lowest BCUT2D eigenvalue weighted by molar-refractivity contribution is -0.602. The molecule has 5 rings (SSSR count). The summed E-state index contributed by atoms with van der Waals surface area (Å²) in [6.45, 7) is 0. The van der Waals surface area contributed by atoms with Gasteiger partial charge in [-0.25, -0.2) is 0 Å². The molecule has 3 aliphatic rings. The molecule has 2 fully saturated rings. The van der Waals surface area contributed by atoms with Gasteiger partial charge in [0.25, 0.3) is 0 Å². The third-order valence-electron chi connectivity index (χ3n) is 7.48. The highest BCUT2D eigenvalue weighted by molar-refractivity contribution is 5.55. The SMILES string of the molecule is C1=[N+](C2CCCCC2)[C@@H](c2ccccc2)[C@H](c2ccccc2)N1C1CCCCC1. The first-order valence-electron chi connectivity index (χ1n) is 11.9. The summed E-state index contributed by atoms with van der Waals surface area (Å²) in [5.41, 5.74) is 2.95. The van der Waals surface area contributed by atoms with Gasteiger partial charge < -0.3 is 0 Å². The summed E-state index contributed by atoms with van der Waals surface area (Å²) in [6, 6.07) is 24.8. The highest BCUT2D eigenvalue weighted by atomic mass is 15.3. The fourth-order valence-electron chi connectivity index (χ4n) is 6.03. The highest BCUT2D eigenvalue weighted by Crippen LogP contribution is 2.44. The van der Waals surface area contributed by atoms with Gasteiger partial charge in [-0.3, -0.25) is 9.48 Å². The van der Waals surface area contributed by atoms with Crippen LogP contribution in [0.2, 0.25) is 0 Å². The minimum Gasteiger partial charge on any atom is -0.254 e. The van der Waals surface area contributed by atoms with E-state index in [1.807, 2.05) is 0 Å². The fraction of sp³-hybridized carbons (Fsp3) is 0.519. The second kappa shape index (κ2) is 8.73. The van der Waals surface area contributed by atoms with Gasteiger partial charge in [0.15, 0.2) is 12.1 Å². The van der Waals surface area contributed by atoms with Crippen LogP contribution < -0.4 is 0 Å². The standard InChI is InChI=1S/C27H35N2/c1-5-13-22(14-6-1)26-27(23-15-7-2-8-16-23)29(25-19-11-4-12-20-25)21-28(26)24-17-9-3-10-18-24/h1-2,5-8,13-16,21,24-27H,3-4,9-12,17-20H2/q+1/t26-,27-/m0/s1. The van der Waals surface area contributed by atoms with Gasteiger partial charge in [-0.15, -0.1) is 0 Å². The van der Waals surface area contributed by atoms with Crippen molar-refractivity contribution < 1.29 is 4.58 Å². The van der Waals surface area contributed by atoms with Crippen LogP contribution in [0.15, 0.2) is 60.7 Å². The molecular formula is C27H35N2+. The number of rotatable bonds is 4. The third kappa shape index (κ3) is 3.86. The van der Waals surface area contributed by atoms with Crippen LogP contribution in [0.4, 0.5) is 0 Å². The van der Waals surface area contributed by atoms with Crippen molar-refractivity contribution in [3.63, 3.8) is 0 Å². The van der Waals surface area contributed by atoms with Crippen LogP contribution in [-0.4, -0.2) is 27.9 Å². The first-order chi connectivity index (χ1) is 14.4. The molecule has 0 bridgehead atoms. The Kier molecular flexibility index (Phi) is 5.69. The topological polar surface area (TPSA) is 6.25 Å². The fourth-order valence-corrected chi connectivity index (χ4v) is 6.03. The van der Waals surface area contributed by atoms with Gasteiger partial charge in [-0.1, -0.05) is 73.5 Å². The number of hydrogen-bond acceptors (Lipinski definition) is 1. The first kappa shape index (κ1) is 18.9. The molecule has 1 heterocycles. The Morgan fingerprint density at radius 1 is 0.621 bits per heavy atom. The average Bonchev–Trinajstić information content (AvgIpc) is 3.22. The van der Waals surface area contributed by atoms with Crippen molar-refractivity contribution in [3.8, 4) is 0 Å². The van der Waals surface area contributed by atoms with E-state index in [-0.39, 0.29) is 0 Å². The van der Waals surface area contributed by atoms with Gasteiger partial charge in [-0.05, 0) is 51.4 Å². The Bertz CT molecular complexity index is 801. The normalized spacial score (nSPS) is 26.5. The molecule has 2 nitrogen and oxygen atoms in total. The van der Waals surface area contributed by atoms with E-state index in [1.165, 1.54) is 75.3 Å². The van der Waals surface area contributed by atoms with Crippen LogP contribution >= 0.6 is 0 Å². The van der Waals surface area contributed by atoms with Crippen LogP contribution in [-0.2, 0) is 0 Å². The van der Waals surface area contributed by atoms with E-state index in [0.717, 1.165) is 0 Å². The predicted molar refractivity (Wildman–Crippen MR) is 120 cm³/mol. The highest BCUT2D eigenvalue weighted by Gasteiger charge is 2.48. The van der Waals surface area contributed by atoms with Crippen LogP contribution in [0.3, 0.4) is 0 Å². The quantitative estimate of drug-likeness (QED) is 0.543. The van der Waals surface area contributed by atoms with E-state index in [1.54, 1.807) is 0 Å². The molecule has 2 heteroatoms. The Hall–Kier alpha value is -2.09. The minimum absolute atomic E-state index is 0.420. The summed E-state index contributed by atoms with van der Waals surface area (Å²) in [6.07, 6.45) is 16.3. The molecule has 0 aromatic heterocycles. The van der Waals surface area contributed by atoms with Crippen LogP contribution in [0.1, 0.15) is 87.4 Å². The molecule has 1 aliphatic heterocycles. The maximum absolute atomic E-state index is 2.78. The Morgan fingerprint density at radius 3 is 1.79 bits per heavy atom. The van der Waals surface area contributed by atoms with Crippen molar-refractivity contribution in [1.29, 1.82) is 0 Å². The van der Waals surface area contributed by atoms with E-state index < -0.39 is 0 Å². The average molecular weight is 388 g/mol. The molecule has 2 aliphatic carbocycles. The third-order valence-corrected chi connectivity index (χ3v) is 7.48. The Morgan fingerprint density at radius 2 is 1.17 bits per heavy atom. The van der Waals surface area contributed by atoms with E-state index in [9.17, 15) is 0 Å². The molecule has 0 amide bonds. The van der Waals surface area contributed by atoms with Crippen LogP contribution in [0, 0.1) is 0 Å². The molecule has 2 saturated carbocycles. The van der Waals surface area contributed by atoms with Gasteiger partial charge in [0, 0.05) is 11.1 Å². The number of benzene rings is 2. The number of hydrogen-bond donors (Lipinski definition) is 0. The summed E-state index contributed by atoms with van der Waals surface area (Å²) in [5.74, 6) is 0. The lowest BCUT2D eigenvalue weighted by atomic mass is 9.87. The summed E-state index contributed by atoms with van der Waals surface area (Å²) in [5, 5.41) is 0. The van der Waals surface area contributed by atoms with Crippen molar-refractivity contribution in [2.24, 2.45) is 0 Å². The molecule has 2 atom stereocenters. The monoisotopic (exact) mass is 387 g/mol. The van der Waals surface area contributed by atoms with Crippen molar-refractivity contribution in [2.75, 3.05) is 0 Å². The summed E-state index contributed by atoms with van der Waals surface area (Å²) < 4.78 is 2.78. The second-order valence-electron chi connectivity index (χ2n) is 9.30. The lowest BCUT2D eigenvalue weighted by Gasteiger charge is -2.32. The molecule has 0 unspecified atom stereocenters. The molecule has 0 saturated heterocycles. The minimum atomic E-state index is 0.420. The van der Waals surface area contributed by atoms with Crippen molar-refractivity contribution >= 4 is 6.34 Å². The zero-order valence-electron chi connectivity index (χ0n) is 17.6. The van der Waals surface area contributed by atoms with Gasteiger partial charge in [-0.2, -0.15) is 0 Å². The number of nitrogens with zero attached hydrogens (tertiary/aromatic N) is 2. The summed E-state index contributed by atoms with van der Waals surface area (Å²) >= 11 is 0. The van der Waals surface area contributed by atoms with Gasteiger partial charge in [0.2, 0.25) is 6.34 Å². The lowest BCUT2D eigenvalue weighted by Crippen LogP contribution is -2.37. The van der Waals surface area contributed by atoms with Crippen LogP contribution in [0.25, 0.3) is 0 Å². The largest absolute Gasteiger partial charge is 0.254 e. The van der Waals surface area contributed by atoms with E-state index in [2.05, 4.69) is 76.5 Å². The maximum Gasteiger partial charge on any atom is 0.235 e. The second-order valence-corrected chi connectivity index (χ2v) is 9.30. The van der Waals surface area contributed by atoms with Crippen molar-refractivity contribution in [2.45, 2.75) is 88.4 Å². The van der Waals surface area contributed by atoms with E-state index in [4.69, 9.17) is 0 Å². The smallest absolute Gasteiger partial charge is 0.235 e. The first-order valence-corrected chi connectivity index (χ1v) is 11.9. The molecule has 2 aromatic rings. The summed E-state index contributed by atoms with van der Waals surface area (Å²) in [4.78, 5) is 2.78. The van der Waals surface area contributed by atoms with Gasteiger partial charge >= 0.3 is 0 Å². The zero-order chi connectivity index (χ0) is 19.5. The van der Waals surface area contributed by atoms with Crippen LogP contribution in [0.5, 0.6) is 0 Å². The zero-order valence-corrected chi connectivity index (χ0v) is 17.6. The van der Waals surface area contributed by atoms with Crippen molar-refractivity contribution in [3.05, 3.63) is 71.8 Å². The molecule has 2 aromatic carbocycles. The maximum atomic E-state index is 2.78. The van der Waals surface area contributed by atoms with E-state index >= 15 is 0 Å². The summed E-state index contributed by atoms with van der Waals surface area (Å²) in [7, 11) is 0. The molecular weight excluding hydrogens is 352 g/mol. The molecule has 29 heavy (non-hydrogen) atoms. The van der Waals surface area contributed by atoms with Gasteiger partial charge in [0.1, 0.15) is 0 Å².